The van der Waals surface area contributed by atoms with Crippen molar-refractivity contribution in [2.45, 2.75) is 38.9 Å². The summed E-state index contributed by atoms with van der Waals surface area (Å²) in [4.78, 5) is 31.0. The zero-order valence-corrected chi connectivity index (χ0v) is 19.9. The minimum absolute atomic E-state index is 0.0280. The van der Waals surface area contributed by atoms with Crippen LogP contribution in [0.1, 0.15) is 47.7 Å². The van der Waals surface area contributed by atoms with E-state index in [2.05, 4.69) is 4.90 Å². The highest BCUT2D eigenvalue weighted by molar-refractivity contribution is 5.94. The normalized spacial score (nSPS) is 14.7. The number of hydrogen-bond donors (Lipinski definition) is 0. The average Bonchev–Trinajstić information content (AvgIpc) is 2.85. The van der Waals surface area contributed by atoms with Crippen molar-refractivity contribution in [1.29, 1.82) is 0 Å². The first-order valence-corrected chi connectivity index (χ1v) is 11.9. The summed E-state index contributed by atoms with van der Waals surface area (Å²) in [6.07, 6.45) is -2.33. The van der Waals surface area contributed by atoms with Crippen molar-refractivity contribution in [3.63, 3.8) is 0 Å². The second-order valence-corrected chi connectivity index (χ2v) is 8.76. The Bertz CT molecular complexity index is 987. The lowest BCUT2D eigenvalue weighted by Crippen LogP contribution is -2.50. The molecule has 1 aliphatic rings. The highest BCUT2D eigenvalue weighted by atomic mass is 19.4. The number of carbonyl (C=O) groups is 2. The third kappa shape index (κ3) is 7.78. The van der Waals surface area contributed by atoms with E-state index < -0.39 is 17.6 Å². The van der Waals surface area contributed by atoms with E-state index in [4.69, 9.17) is 0 Å². The molecule has 0 unspecified atom stereocenters. The molecule has 190 valence electrons. The van der Waals surface area contributed by atoms with Gasteiger partial charge < -0.3 is 9.80 Å². The molecular formula is C26H31F4N3O2. The van der Waals surface area contributed by atoms with E-state index in [0.29, 0.717) is 52.2 Å². The molecule has 1 aliphatic heterocycles. The molecule has 1 fully saturated rings. The van der Waals surface area contributed by atoms with Crippen LogP contribution in [0.5, 0.6) is 0 Å². The molecular weight excluding hydrogens is 462 g/mol. The van der Waals surface area contributed by atoms with Gasteiger partial charge in [-0.2, -0.15) is 13.2 Å². The number of amides is 2. The van der Waals surface area contributed by atoms with Gasteiger partial charge in [0.2, 0.25) is 5.91 Å². The van der Waals surface area contributed by atoms with Gasteiger partial charge in [0, 0.05) is 57.8 Å². The highest BCUT2D eigenvalue weighted by Gasteiger charge is 2.31. The Hall–Kier alpha value is -2.94. The van der Waals surface area contributed by atoms with Crippen LogP contribution in [-0.4, -0.2) is 65.8 Å². The molecule has 0 bridgehead atoms. The van der Waals surface area contributed by atoms with Crippen molar-refractivity contribution in [3.05, 3.63) is 71.0 Å². The van der Waals surface area contributed by atoms with Crippen molar-refractivity contribution in [2.24, 2.45) is 0 Å². The van der Waals surface area contributed by atoms with Gasteiger partial charge in [-0.1, -0.05) is 31.5 Å². The third-order valence-corrected chi connectivity index (χ3v) is 6.17. The summed E-state index contributed by atoms with van der Waals surface area (Å²) in [6, 6.07) is 10.6. The molecule has 0 saturated carbocycles. The van der Waals surface area contributed by atoms with Gasteiger partial charge in [-0.3, -0.25) is 14.5 Å². The summed E-state index contributed by atoms with van der Waals surface area (Å²) in [5.74, 6) is -0.687. The molecule has 0 spiro atoms. The second kappa shape index (κ2) is 12.2. The molecule has 35 heavy (non-hydrogen) atoms. The van der Waals surface area contributed by atoms with Gasteiger partial charge in [-0.05, 0) is 42.3 Å². The number of piperazine rings is 1. The second-order valence-electron chi connectivity index (χ2n) is 8.76. The molecule has 0 N–H and O–H groups in total. The molecule has 0 atom stereocenters. The largest absolute Gasteiger partial charge is 0.416 e. The lowest BCUT2D eigenvalue weighted by molar-refractivity contribution is -0.137. The van der Waals surface area contributed by atoms with E-state index in [1.54, 1.807) is 21.9 Å². The fourth-order valence-electron chi connectivity index (χ4n) is 4.04. The van der Waals surface area contributed by atoms with E-state index in [1.807, 2.05) is 6.92 Å². The molecule has 5 nitrogen and oxygen atoms in total. The van der Waals surface area contributed by atoms with Gasteiger partial charge in [0.1, 0.15) is 5.82 Å². The van der Waals surface area contributed by atoms with Gasteiger partial charge in [0.15, 0.2) is 0 Å². The fourth-order valence-corrected chi connectivity index (χ4v) is 4.04. The summed E-state index contributed by atoms with van der Waals surface area (Å²) in [5.41, 5.74) is 0.0454. The summed E-state index contributed by atoms with van der Waals surface area (Å²) in [6.45, 7) is 5.48. The van der Waals surface area contributed by atoms with E-state index in [-0.39, 0.29) is 17.3 Å². The van der Waals surface area contributed by atoms with Gasteiger partial charge in [-0.25, -0.2) is 4.39 Å². The van der Waals surface area contributed by atoms with Crippen LogP contribution in [0.4, 0.5) is 17.6 Å². The van der Waals surface area contributed by atoms with Crippen LogP contribution in [0.15, 0.2) is 48.5 Å². The number of benzene rings is 2. The fraction of sp³-hybridized carbons (Fsp3) is 0.462. The maximum atomic E-state index is 13.2. The quantitative estimate of drug-likeness (QED) is 0.471. The van der Waals surface area contributed by atoms with E-state index >= 15 is 0 Å². The minimum atomic E-state index is -4.50. The SMILES string of the molecule is CCCCC(=O)N(CCN1CCN(C(=O)c2cccc(C(F)(F)F)c2)CC1)Cc1ccc(F)cc1. The first kappa shape index (κ1) is 26.7. The summed E-state index contributed by atoms with van der Waals surface area (Å²) in [7, 11) is 0. The Balaban J connectivity index is 1.54. The lowest BCUT2D eigenvalue weighted by Gasteiger charge is -2.36. The topological polar surface area (TPSA) is 43.9 Å². The number of hydrogen-bond acceptors (Lipinski definition) is 3. The standard InChI is InChI=1S/C26H31F4N3O2/c1-2-3-7-24(34)33(19-20-8-10-23(27)11-9-20)17-14-31-12-15-32(16-13-31)25(35)21-5-4-6-22(18-21)26(28,29)30/h4-6,8-11,18H,2-3,7,12-17,19H2,1H3. The van der Waals surface area contributed by atoms with Crippen molar-refractivity contribution >= 4 is 11.8 Å². The van der Waals surface area contributed by atoms with Crippen LogP contribution in [0, 0.1) is 5.82 Å². The summed E-state index contributed by atoms with van der Waals surface area (Å²) >= 11 is 0. The Labute approximate surface area is 203 Å². The van der Waals surface area contributed by atoms with Crippen LogP contribution < -0.4 is 0 Å². The molecule has 2 amide bonds. The predicted octanol–water partition coefficient (Wildman–Crippen LogP) is 4.82. The smallest absolute Gasteiger partial charge is 0.337 e. The van der Waals surface area contributed by atoms with Crippen molar-refractivity contribution in [1.82, 2.24) is 14.7 Å². The lowest BCUT2D eigenvalue weighted by atomic mass is 10.1. The molecule has 2 aromatic rings. The molecule has 0 aliphatic carbocycles. The molecule has 1 heterocycles. The highest BCUT2D eigenvalue weighted by Crippen LogP contribution is 2.29. The Morgan fingerprint density at radius 3 is 2.31 bits per heavy atom. The van der Waals surface area contributed by atoms with Gasteiger partial charge in [0.05, 0.1) is 5.56 Å². The number of unbranched alkanes of at least 4 members (excludes halogenated alkanes) is 1. The van der Waals surface area contributed by atoms with Crippen LogP contribution in [0.2, 0.25) is 0 Å². The monoisotopic (exact) mass is 493 g/mol. The predicted molar refractivity (Wildman–Crippen MR) is 125 cm³/mol. The van der Waals surface area contributed by atoms with E-state index in [9.17, 15) is 27.2 Å². The molecule has 2 aromatic carbocycles. The Morgan fingerprint density at radius 1 is 1.00 bits per heavy atom. The Kier molecular flexibility index (Phi) is 9.26. The Morgan fingerprint density at radius 2 is 1.69 bits per heavy atom. The molecule has 0 radical (unpaired) electrons. The van der Waals surface area contributed by atoms with Crippen molar-refractivity contribution < 1.29 is 27.2 Å². The third-order valence-electron chi connectivity index (χ3n) is 6.17. The number of halogens is 4. The first-order chi connectivity index (χ1) is 16.7. The number of carbonyl (C=O) groups excluding carboxylic acids is 2. The molecule has 9 heteroatoms. The van der Waals surface area contributed by atoms with E-state index in [0.717, 1.165) is 30.5 Å². The van der Waals surface area contributed by atoms with Crippen molar-refractivity contribution in [3.8, 4) is 0 Å². The number of alkyl halides is 3. The summed E-state index contributed by atoms with van der Waals surface area (Å²) < 4.78 is 52.2. The van der Waals surface area contributed by atoms with Gasteiger partial charge in [-0.15, -0.1) is 0 Å². The molecule has 0 aromatic heterocycles. The minimum Gasteiger partial charge on any atom is -0.337 e. The molecule has 3 rings (SSSR count). The molecule has 1 saturated heterocycles. The van der Waals surface area contributed by atoms with Crippen molar-refractivity contribution in [2.75, 3.05) is 39.3 Å². The van der Waals surface area contributed by atoms with Crippen LogP contribution >= 0.6 is 0 Å². The van der Waals surface area contributed by atoms with Gasteiger partial charge in [0.25, 0.3) is 5.91 Å². The number of nitrogens with zero attached hydrogens (tertiary/aromatic N) is 3. The zero-order valence-electron chi connectivity index (χ0n) is 19.9. The first-order valence-electron chi connectivity index (χ1n) is 11.9. The van der Waals surface area contributed by atoms with Crippen LogP contribution in [-0.2, 0) is 17.5 Å². The average molecular weight is 494 g/mol. The van der Waals surface area contributed by atoms with Gasteiger partial charge >= 0.3 is 6.18 Å². The summed E-state index contributed by atoms with van der Waals surface area (Å²) in [5, 5.41) is 0. The van der Waals surface area contributed by atoms with Crippen LogP contribution in [0.3, 0.4) is 0 Å². The zero-order chi connectivity index (χ0) is 25.4. The van der Waals surface area contributed by atoms with Crippen LogP contribution in [0.25, 0.3) is 0 Å². The maximum absolute atomic E-state index is 13.2. The number of rotatable bonds is 9. The maximum Gasteiger partial charge on any atom is 0.416 e. The van der Waals surface area contributed by atoms with E-state index in [1.165, 1.54) is 24.3 Å².